The molecule has 0 radical (unpaired) electrons. The number of amides is 2. The molecule has 10 nitrogen and oxygen atoms in total. The molecule has 0 aliphatic carbocycles. The van der Waals surface area contributed by atoms with Crippen molar-refractivity contribution in [2.75, 3.05) is 40.5 Å². The Hall–Kier alpha value is -3.55. The van der Waals surface area contributed by atoms with Gasteiger partial charge in [-0.25, -0.2) is 9.97 Å². The van der Waals surface area contributed by atoms with E-state index in [4.69, 9.17) is 9.47 Å². The first kappa shape index (κ1) is 25.1. The average molecular weight is 468 g/mol. The minimum Gasteiger partial charge on any atom is -0.472 e. The zero-order chi connectivity index (χ0) is 24.7. The van der Waals surface area contributed by atoms with Gasteiger partial charge in [-0.05, 0) is 13.0 Å². The summed E-state index contributed by atoms with van der Waals surface area (Å²) in [5, 5.41) is 9.77. The Morgan fingerprint density at radius 1 is 1.38 bits per heavy atom. The van der Waals surface area contributed by atoms with Crippen molar-refractivity contribution in [2.24, 2.45) is 5.92 Å². The Morgan fingerprint density at radius 3 is 2.85 bits per heavy atom. The fraction of sp³-hybridized carbons (Fsp3) is 0.458. The van der Waals surface area contributed by atoms with Gasteiger partial charge in [0.05, 0.1) is 25.4 Å². The maximum Gasteiger partial charge on any atom is 0.273 e. The number of carbonyl (C=O) groups is 2. The van der Waals surface area contributed by atoms with Crippen molar-refractivity contribution in [3.8, 4) is 17.7 Å². The molecule has 0 spiro atoms. The van der Waals surface area contributed by atoms with Crippen molar-refractivity contribution in [2.45, 2.75) is 26.0 Å². The number of likely N-dealkylation sites (N-methyl/N-ethyl adjacent to an activating group) is 1. The highest BCUT2D eigenvalue weighted by Crippen LogP contribution is 2.27. The molecule has 0 fully saturated rings. The highest BCUT2D eigenvalue weighted by atomic mass is 16.5. The number of carbonyl (C=O) groups excluding carboxylic acids is 2. The summed E-state index contributed by atoms with van der Waals surface area (Å²) in [7, 11) is 3.21. The first-order valence-electron chi connectivity index (χ1n) is 10.9. The van der Waals surface area contributed by atoms with E-state index < -0.39 is 12.1 Å². The summed E-state index contributed by atoms with van der Waals surface area (Å²) in [6.45, 7) is 4.35. The van der Waals surface area contributed by atoms with E-state index in [1.807, 2.05) is 6.92 Å². The third-order valence-corrected chi connectivity index (χ3v) is 5.55. The first-order chi connectivity index (χ1) is 16.3. The Bertz CT molecular complexity index is 1070. The monoisotopic (exact) mass is 467 g/mol. The van der Waals surface area contributed by atoms with E-state index in [2.05, 4.69) is 26.8 Å². The van der Waals surface area contributed by atoms with E-state index in [9.17, 15) is 14.7 Å². The van der Waals surface area contributed by atoms with Crippen LogP contribution < -0.4 is 4.74 Å². The molecular weight excluding hydrogens is 438 g/mol. The van der Waals surface area contributed by atoms with Crippen LogP contribution in [0.15, 0.2) is 30.9 Å². The van der Waals surface area contributed by atoms with E-state index in [-0.39, 0.29) is 54.6 Å². The highest BCUT2D eigenvalue weighted by molar-refractivity contribution is 5.97. The van der Waals surface area contributed by atoms with Crippen molar-refractivity contribution in [1.82, 2.24) is 24.8 Å². The summed E-state index contributed by atoms with van der Waals surface area (Å²) in [4.78, 5) is 41.7. The summed E-state index contributed by atoms with van der Waals surface area (Å²) in [5.74, 6) is 5.17. The Morgan fingerprint density at radius 2 is 2.18 bits per heavy atom. The second-order valence-electron chi connectivity index (χ2n) is 8.21. The van der Waals surface area contributed by atoms with Crippen LogP contribution in [0.4, 0.5) is 0 Å². The highest BCUT2D eigenvalue weighted by Gasteiger charge is 2.34. The summed E-state index contributed by atoms with van der Waals surface area (Å²) < 4.78 is 11.1. The number of rotatable bonds is 6. The van der Waals surface area contributed by atoms with Gasteiger partial charge in [-0.15, -0.1) is 0 Å². The lowest BCUT2D eigenvalue weighted by Crippen LogP contribution is -2.50. The minimum absolute atomic E-state index is 0.161. The van der Waals surface area contributed by atoms with Crippen molar-refractivity contribution < 1.29 is 24.2 Å². The fourth-order valence-electron chi connectivity index (χ4n) is 3.56. The predicted octanol–water partition coefficient (Wildman–Crippen LogP) is 0.862. The van der Waals surface area contributed by atoms with Crippen molar-refractivity contribution in [3.63, 3.8) is 0 Å². The van der Waals surface area contributed by atoms with Crippen molar-refractivity contribution in [1.29, 1.82) is 0 Å². The van der Waals surface area contributed by atoms with Crippen LogP contribution in [-0.4, -0.2) is 94.3 Å². The second-order valence-corrected chi connectivity index (χ2v) is 8.21. The number of nitrogens with zero attached hydrogens (tertiary/aromatic N) is 5. The number of pyridine rings is 1. The van der Waals surface area contributed by atoms with Gasteiger partial charge in [0.1, 0.15) is 24.0 Å². The molecule has 1 aliphatic heterocycles. The number of ether oxygens (including phenoxy) is 2. The van der Waals surface area contributed by atoms with Gasteiger partial charge in [-0.1, -0.05) is 18.8 Å². The van der Waals surface area contributed by atoms with Crippen LogP contribution in [0.5, 0.6) is 5.88 Å². The van der Waals surface area contributed by atoms with Crippen LogP contribution in [0.1, 0.15) is 40.3 Å². The largest absolute Gasteiger partial charge is 0.472 e. The second kappa shape index (κ2) is 11.5. The van der Waals surface area contributed by atoms with Crippen molar-refractivity contribution in [3.05, 3.63) is 47.7 Å². The van der Waals surface area contributed by atoms with Gasteiger partial charge in [0.2, 0.25) is 5.88 Å². The van der Waals surface area contributed by atoms with Crippen LogP contribution in [0, 0.1) is 17.8 Å². The predicted molar refractivity (Wildman–Crippen MR) is 123 cm³/mol. The van der Waals surface area contributed by atoms with E-state index >= 15 is 0 Å². The molecule has 2 amide bonds. The van der Waals surface area contributed by atoms with E-state index in [1.165, 1.54) is 29.7 Å². The fourth-order valence-corrected chi connectivity index (χ4v) is 3.56. The zero-order valence-corrected chi connectivity index (χ0v) is 19.8. The quantitative estimate of drug-likeness (QED) is 0.622. The SMILES string of the molecule is COCC#Cc1cnc2c(c1)C(=O)N([C@H](C)CO)C[C@@H](C)[C@@H](CN(C)C(=O)c1cnccn1)O2. The molecule has 0 unspecified atom stereocenters. The van der Waals surface area contributed by atoms with Crippen LogP contribution >= 0.6 is 0 Å². The molecule has 3 atom stereocenters. The lowest BCUT2D eigenvalue weighted by Gasteiger charge is -2.37. The van der Waals surface area contributed by atoms with Gasteiger partial charge in [0.15, 0.2) is 0 Å². The third kappa shape index (κ3) is 5.87. The van der Waals surface area contributed by atoms with Gasteiger partial charge in [0.25, 0.3) is 11.8 Å². The van der Waals surface area contributed by atoms with Crippen LogP contribution in [0.3, 0.4) is 0 Å². The van der Waals surface area contributed by atoms with Crippen molar-refractivity contribution >= 4 is 11.8 Å². The molecule has 1 aliphatic rings. The lowest BCUT2D eigenvalue weighted by atomic mass is 10.00. The van der Waals surface area contributed by atoms with Crippen LogP contribution in [-0.2, 0) is 4.74 Å². The molecule has 3 rings (SSSR count). The van der Waals surface area contributed by atoms with Crippen LogP contribution in [0.2, 0.25) is 0 Å². The summed E-state index contributed by atoms with van der Waals surface area (Å²) in [6, 6.07) is 1.22. The summed E-state index contributed by atoms with van der Waals surface area (Å²) in [6.07, 6.45) is 5.44. The number of fused-ring (bicyclic) bond motifs is 1. The minimum atomic E-state index is -0.469. The summed E-state index contributed by atoms with van der Waals surface area (Å²) in [5.41, 5.74) is 1.03. The van der Waals surface area contributed by atoms with Gasteiger partial charge >= 0.3 is 0 Å². The molecule has 180 valence electrons. The molecule has 3 heterocycles. The molecule has 10 heteroatoms. The maximum atomic E-state index is 13.4. The van der Waals surface area contributed by atoms with Gasteiger partial charge in [-0.3, -0.25) is 14.6 Å². The average Bonchev–Trinajstić information content (AvgIpc) is 2.86. The molecule has 2 aromatic rings. The van der Waals surface area contributed by atoms with E-state index in [0.717, 1.165) is 0 Å². The third-order valence-electron chi connectivity index (χ3n) is 5.55. The number of aromatic nitrogens is 3. The number of hydrogen-bond donors (Lipinski definition) is 1. The topological polar surface area (TPSA) is 118 Å². The standard InChI is InChI=1S/C24H29N5O5/c1-16-13-29(17(2)15-30)23(31)19-10-18(6-5-9-33-4)11-27-22(19)34-21(16)14-28(3)24(32)20-12-25-7-8-26-20/h7-8,10-12,16-17,21,30H,9,13-15H2,1-4H3/t16-,17-,21-/m1/s1. The Labute approximate surface area is 198 Å². The van der Waals surface area contributed by atoms with E-state index in [0.29, 0.717) is 12.1 Å². The molecule has 0 bridgehead atoms. The first-order valence-corrected chi connectivity index (χ1v) is 10.9. The molecule has 0 aromatic carbocycles. The molecule has 1 N–H and O–H groups in total. The number of methoxy groups -OCH3 is 1. The molecular formula is C24H29N5O5. The number of aliphatic hydroxyl groups is 1. The van der Waals surface area contributed by atoms with Gasteiger partial charge in [0, 0.05) is 50.8 Å². The maximum absolute atomic E-state index is 13.4. The lowest BCUT2D eigenvalue weighted by molar-refractivity contribution is 0.0312. The Kier molecular flexibility index (Phi) is 8.51. The summed E-state index contributed by atoms with van der Waals surface area (Å²) >= 11 is 0. The molecule has 2 aromatic heterocycles. The smallest absolute Gasteiger partial charge is 0.273 e. The molecule has 0 saturated carbocycles. The Balaban J connectivity index is 1.93. The normalized spacial score (nSPS) is 18.5. The zero-order valence-electron chi connectivity index (χ0n) is 19.8. The number of hydrogen-bond acceptors (Lipinski definition) is 8. The van der Waals surface area contributed by atoms with Gasteiger partial charge < -0.3 is 24.4 Å². The van der Waals surface area contributed by atoms with E-state index in [1.54, 1.807) is 32.0 Å². The number of aliphatic hydroxyl groups excluding tert-OH is 1. The molecule has 0 saturated heterocycles. The van der Waals surface area contributed by atoms with Gasteiger partial charge in [-0.2, -0.15) is 0 Å². The van der Waals surface area contributed by atoms with Crippen LogP contribution in [0.25, 0.3) is 0 Å². The molecule has 34 heavy (non-hydrogen) atoms.